The van der Waals surface area contributed by atoms with Crippen molar-refractivity contribution in [2.75, 3.05) is 20.2 Å². The van der Waals surface area contributed by atoms with Crippen molar-refractivity contribution in [1.29, 1.82) is 0 Å². The Balaban J connectivity index is 1.72. The first-order chi connectivity index (χ1) is 10.7. The normalized spacial score (nSPS) is 21.4. The second kappa shape index (κ2) is 6.57. The van der Waals surface area contributed by atoms with Crippen LogP contribution in [0.3, 0.4) is 0 Å². The molecule has 0 unspecified atom stereocenters. The molecule has 5 heteroatoms. The number of amidine groups is 1. The molecule has 2 aliphatic rings. The summed E-state index contributed by atoms with van der Waals surface area (Å²) in [4.78, 5) is 19.3. The van der Waals surface area contributed by atoms with Crippen molar-refractivity contribution in [3.63, 3.8) is 0 Å². The van der Waals surface area contributed by atoms with Gasteiger partial charge in [-0.15, -0.1) is 0 Å². The van der Waals surface area contributed by atoms with Crippen molar-refractivity contribution in [2.24, 2.45) is 10.9 Å². The number of piperidine rings is 1. The third-order valence-corrected chi connectivity index (χ3v) is 5.10. The zero-order valence-electron chi connectivity index (χ0n) is 12.9. The molecule has 2 aliphatic heterocycles. The quantitative estimate of drug-likeness (QED) is 0.784. The van der Waals surface area contributed by atoms with Crippen LogP contribution in [0.25, 0.3) is 6.08 Å². The lowest BCUT2D eigenvalue weighted by molar-refractivity contribution is -0.113. The molecular formula is C17H20N2O2S. The predicted molar refractivity (Wildman–Crippen MR) is 91.0 cm³/mol. The Kier molecular flexibility index (Phi) is 4.52. The fourth-order valence-corrected chi connectivity index (χ4v) is 3.58. The number of aliphatic imine (C=N–C) groups is 1. The average molecular weight is 316 g/mol. The summed E-state index contributed by atoms with van der Waals surface area (Å²) in [6, 6.07) is 7.69. The number of carbonyl (C=O) groups is 1. The molecule has 1 saturated heterocycles. The summed E-state index contributed by atoms with van der Waals surface area (Å²) in [6.07, 6.45) is 4.23. The minimum absolute atomic E-state index is 0.138. The monoisotopic (exact) mass is 316 g/mol. The summed E-state index contributed by atoms with van der Waals surface area (Å²) in [7, 11) is 1.64. The van der Waals surface area contributed by atoms with E-state index in [1.807, 2.05) is 30.3 Å². The van der Waals surface area contributed by atoms with Gasteiger partial charge in [0, 0.05) is 13.1 Å². The maximum Gasteiger partial charge on any atom is 0.286 e. The molecule has 0 saturated carbocycles. The molecule has 116 valence electrons. The number of rotatable bonds is 2. The van der Waals surface area contributed by atoms with Crippen LogP contribution in [0, 0.1) is 5.92 Å². The Labute approximate surface area is 135 Å². The number of likely N-dealkylation sites (tertiary alicyclic amines) is 1. The Bertz CT molecular complexity index is 631. The molecule has 1 amide bonds. The number of ether oxygens (including phenoxy) is 1. The summed E-state index contributed by atoms with van der Waals surface area (Å²) in [5.41, 5.74) is 0.957. The number of amides is 1. The summed E-state index contributed by atoms with van der Waals surface area (Å²) < 4.78 is 5.21. The molecule has 1 aromatic carbocycles. The van der Waals surface area contributed by atoms with Crippen LogP contribution in [0.5, 0.6) is 5.75 Å². The van der Waals surface area contributed by atoms with Gasteiger partial charge in [-0.2, -0.15) is 4.99 Å². The number of benzene rings is 1. The smallest absolute Gasteiger partial charge is 0.286 e. The van der Waals surface area contributed by atoms with E-state index in [-0.39, 0.29) is 5.91 Å². The minimum Gasteiger partial charge on any atom is -0.497 e. The van der Waals surface area contributed by atoms with Crippen molar-refractivity contribution < 1.29 is 9.53 Å². The van der Waals surface area contributed by atoms with Crippen molar-refractivity contribution in [3.8, 4) is 5.75 Å². The van der Waals surface area contributed by atoms with Gasteiger partial charge in [0.25, 0.3) is 5.91 Å². The van der Waals surface area contributed by atoms with Gasteiger partial charge in [-0.1, -0.05) is 19.1 Å². The molecular weight excluding hydrogens is 296 g/mol. The van der Waals surface area contributed by atoms with E-state index >= 15 is 0 Å². The fourth-order valence-electron chi connectivity index (χ4n) is 2.62. The van der Waals surface area contributed by atoms with E-state index in [2.05, 4.69) is 16.8 Å². The van der Waals surface area contributed by atoms with Gasteiger partial charge in [0.2, 0.25) is 0 Å². The van der Waals surface area contributed by atoms with Gasteiger partial charge in [-0.25, -0.2) is 0 Å². The van der Waals surface area contributed by atoms with Crippen LogP contribution in [0.2, 0.25) is 0 Å². The highest BCUT2D eigenvalue weighted by Gasteiger charge is 2.28. The summed E-state index contributed by atoms with van der Waals surface area (Å²) in [5, 5.41) is 0.853. The third kappa shape index (κ3) is 3.35. The number of thioether (sulfide) groups is 1. The number of carbonyl (C=O) groups excluding carboxylic acids is 1. The molecule has 0 aromatic heterocycles. The first kappa shape index (κ1) is 15.2. The van der Waals surface area contributed by atoms with Crippen molar-refractivity contribution in [2.45, 2.75) is 19.8 Å². The van der Waals surface area contributed by atoms with Crippen LogP contribution < -0.4 is 4.74 Å². The lowest BCUT2D eigenvalue weighted by Crippen LogP contribution is -2.35. The van der Waals surface area contributed by atoms with E-state index in [1.54, 1.807) is 7.11 Å². The topological polar surface area (TPSA) is 41.9 Å². The van der Waals surface area contributed by atoms with E-state index in [0.29, 0.717) is 4.91 Å². The Hall–Kier alpha value is -1.75. The van der Waals surface area contributed by atoms with Gasteiger partial charge in [-0.3, -0.25) is 4.79 Å². The summed E-state index contributed by atoms with van der Waals surface area (Å²) in [6.45, 7) is 4.26. The van der Waals surface area contributed by atoms with Gasteiger partial charge >= 0.3 is 0 Å². The molecule has 22 heavy (non-hydrogen) atoms. The average Bonchev–Trinajstić information content (AvgIpc) is 2.89. The van der Waals surface area contributed by atoms with Crippen molar-refractivity contribution in [3.05, 3.63) is 34.7 Å². The number of methoxy groups -OCH3 is 1. The molecule has 1 fully saturated rings. The number of nitrogens with zero attached hydrogens (tertiary/aromatic N) is 2. The predicted octanol–water partition coefficient (Wildman–Crippen LogP) is 3.40. The highest BCUT2D eigenvalue weighted by Crippen LogP contribution is 2.32. The molecule has 1 aromatic rings. The van der Waals surface area contributed by atoms with E-state index < -0.39 is 0 Å². The maximum atomic E-state index is 12.1. The van der Waals surface area contributed by atoms with Crippen molar-refractivity contribution in [1.82, 2.24) is 4.90 Å². The van der Waals surface area contributed by atoms with Crippen molar-refractivity contribution >= 4 is 28.9 Å². The molecule has 3 rings (SSSR count). The van der Waals surface area contributed by atoms with E-state index in [0.717, 1.165) is 35.5 Å². The zero-order chi connectivity index (χ0) is 15.5. The number of hydrogen-bond acceptors (Lipinski definition) is 4. The summed E-state index contributed by atoms with van der Waals surface area (Å²) >= 11 is 1.48. The lowest BCUT2D eigenvalue weighted by atomic mass is 10.00. The lowest BCUT2D eigenvalue weighted by Gasteiger charge is -2.30. The highest BCUT2D eigenvalue weighted by atomic mass is 32.2. The van der Waals surface area contributed by atoms with Crippen LogP contribution in [-0.4, -0.2) is 36.2 Å². The second-order valence-electron chi connectivity index (χ2n) is 5.76. The maximum absolute atomic E-state index is 12.1. The molecule has 0 aliphatic carbocycles. The van der Waals surface area contributed by atoms with Crippen LogP contribution >= 0.6 is 11.8 Å². The largest absolute Gasteiger partial charge is 0.497 e. The van der Waals surface area contributed by atoms with Crippen LogP contribution in [0.1, 0.15) is 25.3 Å². The fraction of sp³-hybridized carbons (Fsp3) is 0.412. The molecule has 0 spiro atoms. The molecule has 0 bridgehead atoms. The van der Waals surface area contributed by atoms with Crippen LogP contribution in [0.15, 0.2) is 34.2 Å². The summed E-state index contributed by atoms with van der Waals surface area (Å²) in [5.74, 6) is 1.42. The first-order valence-corrected chi connectivity index (χ1v) is 8.39. The van der Waals surface area contributed by atoms with E-state index in [9.17, 15) is 4.79 Å². The molecule has 2 heterocycles. The van der Waals surface area contributed by atoms with Gasteiger partial charge in [0.15, 0.2) is 5.17 Å². The standard InChI is InChI=1S/C17H20N2O2S/c1-12-6-8-19(9-7-12)17-18-16(20)15(22-17)11-13-4-3-5-14(10-13)21-2/h3-5,10-12H,6-9H2,1-2H3. The zero-order valence-corrected chi connectivity index (χ0v) is 13.7. The number of hydrogen-bond donors (Lipinski definition) is 0. The van der Waals surface area contributed by atoms with Crippen LogP contribution in [0.4, 0.5) is 0 Å². The molecule has 0 radical (unpaired) electrons. The SMILES string of the molecule is COc1cccc(C=C2SC(N3CCC(C)CC3)=NC2=O)c1. The van der Waals surface area contributed by atoms with Gasteiger partial charge < -0.3 is 9.64 Å². The molecule has 0 atom stereocenters. The minimum atomic E-state index is -0.138. The van der Waals surface area contributed by atoms with Crippen LogP contribution in [-0.2, 0) is 4.79 Å². The second-order valence-corrected chi connectivity index (χ2v) is 6.77. The Morgan fingerprint density at radius 3 is 2.86 bits per heavy atom. The Morgan fingerprint density at radius 1 is 1.36 bits per heavy atom. The van der Waals surface area contributed by atoms with E-state index in [1.165, 1.54) is 24.6 Å². The van der Waals surface area contributed by atoms with Gasteiger partial charge in [0.1, 0.15) is 5.75 Å². The third-order valence-electron chi connectivity index (χ3n) is 4.05. The van der Waals surface area contributed by atoms with Gasteiger partial charge in [0.05, 0.1) is 12.0 Å². The first-order valence-electron chi connectivity index (χ1n) is 7.57. The molecule has 4 nitrogen and oxygen atoms in total. The molecule has 0 N–H and O–H groups in total. The highest BCUT2D eigenvalue weighted by molar-refractivity contribution is 8.18. The van der Waals surface area contributed by atoms with Gasteiger partial charge in [-0.05, 0) is 54.3 Å². The van der Waals surface area contributed by atoms with E-state index in [4.69, 9.17) is 4.74 Å². The Morgan fingerprint density at radius 2 is 2.14 bits per heavy atom.